The molecular formula is C31H31N3O3. The van der Waals surface area contributed by atoms with Gasteiger partial charge in [0.05, 0.1) is 18.0 Å². The van der Waals surface area contributed by atoms with Crippen molar-refractivity contribution >= 4 is 16.9 Å². The van der Waals surface area contributed by atoms with E-state index in [9.17, 15) is 4.79 Å². The molecule has 188 valence electrons. The number of rotatable bonds is 8. The van der Waals surface area contributed by atoms with Gasteiger partial charge in [-0.3, -0.25) is 4.79 Å². The maximum absolute atomic E-state index is 13.2. The zero-order valence-corrected chi connectivity index (χ0v) is 21.7. The largest absolute Gasteiger partial charge is 0.493 e. The van der Waals surface area contributed by atoms with E-state index in [4.69, 9.17) is 14.3 Å². The molecule has 0 unspecified atom stereocenters. The van der Waals surface area contributed by atoms with Crippen LogP contribution in [0.3, 0.4) is 0 Å². The number of nitrogens with one attached hydrogen (secondary N) is 1. The Kier molecular flexibility index (Phi) is 6.82. The third-order valence-corrected chi connectivity index (χ3v) is 6.46. The number of nitrogens with zero attached hydrogens (tertiary/aromatic N) is 2. The average molecular weight is 494 g/mol. The fraction of sp³-hybridized carbons (Fsp3) is 0.226. The van der Waals surface area contributed by atoms with Gasteiger partial charge in [0, 0.05) is 34.8 Å². The van der Waals surface area contributed by atoms with E-state index in [1.807, 2.05) is 92.3 Å². The Balaban J connectivity index is 1.46. The SMILES string of the molecule is CCCOc1ccc(-c2nn(-c3ccccc3)cc2CNC(=O)c2oc3cc(C)ccc3c2C)cc1C. The second kappa shape index (κ2) is 10.3. The van der Waals surface area contributed by atoms with Gasteiger partial charge in [0.1, 0.15) is 11.3 Å². The van der Waals surface area contributed by atoms with Gasteiger partial charge in [0.2, 0.25) is 0 Å². The Morgan fingerprint density at radius 2 is 1.84 bits per heavy atom. The molecule has 0 aliphatic carbocycles. The lowest BCUT2D eigenvalue weighted by molar-refractivity contribution is 0.0924. The first-order valence-electron chi connectivity index (χ1n) is 12.6. The van der Waals surface area contributed by atoms with Gasteiger partial charge in [-0.15, -0.1) is 0 Å². The minimum atomic E-state index is -0.246. The highest BCUT2D eigenvalue weighted by Gasteiger charge is 2.20. The first-order valence-corrected chi connectivity index (χ1v) is 12.6. The number of aromatic nitrogens is 2. The number of para-hydroxylation sites is 1. The number of carbonyl (C=O) groups is 1. The van der Waals surface area contributed by atoms with Crippen molar-refractivity contribution in [1.29, 1.82) is 0 Å². The topological polar surface area (TPSA) is 69.3 Å². The predicted octanol–water partition coefficient (Wildman–Crippen LogP) is 6.93. The van der Waals surface area contributed by atoms with Crippen molar-refractivity contribution in [3.8, 4) is 22.7 Å². The van der Waals surface area contributed by atoms with E-state index in [2.05, 4.69) is 18.3 Å². The van der Waals surface area contributed by atoms with Gasteiger partial charge in [-0.25, -0.2) is 4.68 Å². The summed E-state index contributed by atoms with van der Waals surface area (Å²) in [6.07, 6.45) is 2.92. The third-order valence-electron chi connectivity index (χ3n) is 6.46. The van der Waals surface area contributed by atoms with Gasteiger partial charge >= 0.3 is 0 Å². The van der Waals surface area contributed by atoms with Crippen LogP contribution in [0, 0.1) is 20.8 Å². The molecule has 6 nitrogen and oxygen atoms in total. The Hall–Kier alpha value is -4.32. The molecule has 2 aromatic heterocycles. The molecule has 5 aromatic rings. The molecule has 0 radical (unpaired) electrons. The van der Waals surface area contributed by atoms with Crippen LogP contribution in [-0.4, -0.2) is 22.3 Å². The van der Waals surface area contributed by atoms with Gasteiger partial charge in [-0.2, -0.15) is 5.10 Å². The van der Waals surface area contributed by atoms with Crippen LogP contribution < -0.4 is 10.1 Å². The molecule has 0 aliphatic heterocycles. The first kappa shape index (κ1) is 24.4. The normalized spacial score (nSPS) is 11.1. The maximum Gasteiger partial charge on any atom is 0.287 e. The van der Waals surface area contributed by atoms with Gasteiger partial charge in [-0.05, 0) is 74.7 Å². The number of hydrogen-bond acceptors (Lipinski definition) is 4. The molecule has 5 rings (SSSR count). The van der Waals surface area contributed by atoms with Crippen LogP contribution in [-0.2, 0) is 6.54 Å². The van der Waals surface area contributed by atoms with Crippen LogP contribution in [0.25, 0.3) is 27.9 Å². The minimum Gasteiger partial charge on any atom is -0.493 e. The van der Waals surface area contributed by atoms with Crippen molar-refractivity contribution < 1.29 is 13.9 Å². The standard InChI is InChI=1S/C31H31N3O3/c1-5-15-36-27-14-12-23(17-21(27)3)29-24(19-34(33-29)25-9-7-6-8-10-25)18-32-31(35)30-22(4)26-13-11-20(2)16-28(26)37-30/h6-14,16-17,19H,5,15,18H2,1-4H3,(H,32,35). The summed E-state index contributed by atoms with van der Waals surface area (Å²) >= 11 is 0. The summed E-state index contributed by atoms with van der Waals surface area (Å²) in [6.45, 7) is 9.04. The molecule has 0 spiro atoms. The molecule has 0 saturated carbocycles. The van der Waals surface area contributed by atoms with Crippen LogP contribution in [0.15, 0.2) is 77.3 Å². The maximum atomic E-state index is 13.2. The van der Waals surface area contributed by atoms with Crippen molar-refractivity contribution in [3.63, 3.8) is 0 Å². The fourth-order valence-corrected chi connectivity index (χ4v) is 4.47. The van der Waals surface area contributed by atoms with Gasteiger partial charge in [-0.1, -0.05) is 37.3 Å². The molecule has 1 amide bonds. The van der Waals surface area contributed by atoms with E-state index in [1.165, 1.54) is 0 Å². The number of amides is 1. The summed E-state index contributed by atoms with van der Waals surface area (Å²) in [4.78, 5) is 13.2. The average Bonchev–Trinajstić information content (AvgIpc) is 3.48. The Bertz CT molecular complexity index is 1560. The summed E-state index contributed by atoms with van der Waals surface area (Å²) in [5, 5.41) is 8.90. The van der Waals surface area contributed by atoms with Crippen LogP contribution >= 0.6 is 0 Å². The van der Waals surface area contributed by atoms with E-state index in [0.29, 0.717) is 18.9 Å². The number of hydrogen-bond donors (Lipinski definition) is 1. The van der Waals surface area contributed by atoms with Crippen LogP contribution in [0.1, 0.15) is 46.2 Å². The van der Waals surface area contributed by atoms with E-state index in [0.717, 1.165) is 62.3 Å². The summed E-state index contributed by atoms with van der Waals surface area (Å²) in [5.41, 5.74) is 7.33. The van der Waals surface area contributed by atoms with E-state index in [-0.39, 0.29) is 5.91 Å². The second-order valence-corrected chi connectivity index (χ2v) is 9.35. The molecule has 37 heavy (non-hydrogen) atoms. The highest BCUT2D eigenvalue weighted by Crippen LogP contribution is 2.30. The van der Waals surface area contributed by atoms with Crippen LogP contribution in [0.2, 0.25) is 0 Å². The van der Waals surface area contributed by atoms with E-state index < -0.39 is 0 Å². The molecule has 0 atom stereocenters. The molecule has 3 aromatic carbocycles. The van der Waals surface area contributed by atoms with Gasteiger partial charge in [0.15, 0.2) is 5.76 Å². The zero-order chi connectivity index (χ0) is 25.9. The molecule has 0 bridgehead atoms. The van der Waals surface area contributed by atoms with E-state index >= 15 is 0 Å². The lowest BCUT2D eigenvalue weighted by Gasteiger charge is -2.10. The second-order valence-electron chi connectivity index (χ2n) is 9.35. The Labute approximate surface area is 216 Å². The molecule has 0 fully saturated rings. The van der Waals surface area contributed by atoms with Crippen LogP contribution in [0.5, 0.6) is 5.75 Å². The number of fused-ring (bicyclic) bond motifs is 1. The molecule has 6 heteroatoms. The lowest BCUT2D eigenvalue weighted by atomic mass is 10.0. The molecule has 1 N–H and O–H groups in total. The highest BCUT2D eigenvalue weighted by atomic mass is 16.5. The fourth-order valence-electron chi connectivity index (χ4n) is 4.47. The number of benzene rings is 3. The van der Waals surface area contributed by atoms with E-state index in [1.54, 1.807) is 0 Å². The van der Waals surface area contributed by atoms with Crippen LogP contribution in [0.4, 0.5) is 0 Å². The Morgan fingerprint density at radius 1 is 1.03 bits per heavy atom. The zero-order valence-electron chi connectivity index (χ0n) is 21.7. The van der Waals surface area contributed by atoms with Crippen molar-refractivity contribution in [2.45, 2.75) is 40.7 Å². The molecular weight excluding hydrogens is 462 g/mol. The molecule has 0 saturated heterocycles. The Morgan fingerprint density at radius 3 is 2.59 bits per heavy atom. The molecule has 2 heterocycles. The van der Waals surface area contributed by atoms with Gasteiger partial charge < -0.3 is 14.5 Å². The lowest BCUT2D eigenvalue weighted by Crippen LogP contribution is -2.23. The number of carbonyl (C=O) groups excluding carboxylic acids is 1. The van der Waals surface area contributed by atoms with Crippen molar-refractivity contribution in [3.05, 3.63) is 101 Å². The smallest absolute Gasteiger partial charge is 0.287 e. The van der Waals surface area contributed by atoms with Crippen molar-refractivity contribution in [2.75, 3.05) is 6.61 Å². The van der Waals surface area contributed by atoms with Crippen molar-refractivity contribution in [2.24, 2.45) is 0 Å². The summed E-state index contributed by atoms with van der Waals surface area (Å²) in [7, 11) is 0. The number of furan rings is 1. The van der Waals surface area contributed by atoms with Crippen molar-refractivity contribution in [1.82, 2.24) is 15.1 Å². The highest BCUT2D eigenvalue weighted by molar-refractivity contribution is 5.99. The van der Waals surface area contributed by atoms with Gasteiger partial charge in [0.25, 0.3) is 5.91 Å². The first-order chi connectivity index (χ1) is 17.9. The summed E-state index contributed by atoms with van der Waals surface area (Å²) < 4.78 is 13.6. The third kappa shape index (κ3) is 5.00. The number of ether oxygens (including phenoxy) is 1. The summed E-state index contributed by atoms with van der Waals surface area (Å²) in [5.74, 6) is 0.966. The molecule has 0 aliphatic rings. The minimum absolute atomic E-state index is 0.246. The predicted molar refractivity (Wildman–Crippen MR) is 146 cm³/mol. The summed E-state index contributed by atoms with van der Waals surface area (Å²) in [6, 6.07) is 22.0. The number of aryl methyl sites for hydroxylation is 3. The quantitative estimate of drug-likeness (QED) is 0.254. The monoisotopic (exact) mass is 493 g/mol.